The quantitative estimate of drug-likeness (QED) is 0.647. The summed E-state index contributed by atoms with van der Waals surface area (Å²) in [6.45, 7) is 0.902. The van der Waals surface area contributed by atoms with Gasteiger partial charge in [-0.25, -0.2) is 0 Å². The molecule has 0 bridgehead atoms. The van der Waals surface area contributed by atoms with Crippen molar-refractivity contribution < 1.29 is 0 Å². The van der Waals surface area contributed by atoms with Crippen molar-refractivity contribution in [1.29, 1.82) is 0 Å². The summed E-state index contributed by atoms with van der Waals surface area (Å²) in [4.78, 5) is 15.8. The van der Waals surface area contributed by atoms with Crippen LogP contribution in [0.1, 0.15) is 12.2 Å². The van der Waals surface area contributed by atoms with Crippen molar-refractivity contribution in [3.8, 4) is 0 Å². The summed E-state index contributed by atoms with van der Waals surface area (Å²) in [6, 6.07) is 7.63. The molecule has 3 rings (SSSR count). The van der Waals surface area contributed by atoms with Crippen molar-refractivity contribution in [2.24, 2.45) is 0 Å². The topological polar surface area (TPSA) is 34.9 Å². The Bertz CT molecular complexity index is 611. The third-order valence-electron chi connectivity index (χ3n) is 2.70. The van der Waals surface area contributed by atoms with Crippen LogP contribution >= 0.6 is 0 Å². The van der Waals surface area contributed by atoms with Gasteiger partial charge in [0.1, 0.15) is 5.82 Å². The second-order valence-electron chi connectivity index (χ2n) is 3.63. The van der Waals surface area contributed by atoms with Crippen molar-refractivity contribution in [3.63, 3.8) is 0 Å². The zero-order valence-electron chi connectivity index (χ0n) is 8.18. The Morgan fingerprint density at radius 1 is 1.27 bits per heavy atom. The molecule has 0 saturated heterocycles. The van der Waals surface area contributed by atoms with Crippen molar-refractivity contribution in [3.05, 3.63) is 46.5 Å². The van der Waals surface area contributed by atoms with Gasteiger partial charge in [-0.2, -0.15) is 4.98 Å². The fourth-order valence-corrected chi connectivity index (χ4v) is 1.99. The van der Waals surface area contributed by atoms with Crippen LogP contribution in [-0.4, -0.2) is 9.55 Å². The van der Waals surface area contributed by atoms with Gasteiger partial charge >= 0.3 is 0 Å². The van der Waals surface area contributed by atoms with E-state index in [1.54, 1.807) is 0 Å². The molecule has 0 N–H and O–H groups in total. The van der Waals surface area contributed by atoms with Gasteiger partial charge in [0, 0.05) is 6.54 Å². The van der Waals surface area contributed by atoms with Crippen molar-refractivity contribution in [2.75, 3.05) is 0 Å². The molecule has 0 saturated carbocycles. The van der Waals surface area contributed by atoms with Gasteiger partial charge in [0.2, 0.25) is 0 Å². The summed E-state index contributed by atoms with van der Waals surface area (Å²) in [5.74, 6) is 0.768. The number of rotatable bonds is 0. The molecule has 0 atom stereocenters. The molecular formula is C12H10N2O. The van der Waals surface area contributed by atoms with Crippen LogP contribution in [0.5, 0.6) is 0 Å². The largest absolute Gasteiger partial charge is 0.325 e. The van der Waals surface area contributed by atoms with Gasteiger partial charge in [-0.3, -0.25) is 4.79 Å². The molecule has 1 aromatic carbocycles. The molecule has 0 spiro atoms. The summed E-state index contributed by atoms with van der Waals surface area (Å²) < 4.78 is 2.09. The van der Waals surface area contributed by atoms with Crippen LogP contribution in [0.4, 0.5) is 0 Å². The fourth-order valence-electron chi connectivity index (χ4n) is 1.99. The SMILES string of the molecule is O=c1nc2n(c3ccccc13)CCC=C2. The average Bonchev–Trinajstić information content (AvgIpc) is 2.30. The smallest absolute Gasteiger partial charge is 0.281 e. The van der Waals surface area contributed by atoms with E-state index in [0.29, 0.717) is 5.39 Å². The van der Waals surface area contributed by atoms with Gasteiger partial charge in [0.25, 0.3) is 5.56 Å². The van der Waals surface area contributed by atoms with E-state index in [-0.39, 0.29) is 5.56 Å². The van der Waals surface area contributed by atoms with E-state index < -0.39 is 0 Å². The number of hydrogen-bond donors (Lipinski definition) is 0. The first-order valence-corrected chi connectivity index (χ1v) is 5.02. The first-order valence-electron chi connectivity index (χ1n) is 5.02. The number of hydrogen-bond acceptors (Lipinski definition) is 2. The van der Waals surface area contributed by atoms with Crippen molar-refractivity contribution in [2.45, 2.75) is 13.0 Å². The molecule has 0 radical (unpaired) electrons. The van der Waals surface area contributed by atoms with Crippen LogP contribution < -0.4 is 5.56 Å². The van der Waals surface area contributed by atoms with Crippen molar-refractivity contribution in [1.82, 2.24) is 9.55 Å². The zero-order chi connectivity index (χ0) is 10.3. The Kier molecular flexibility index (Phi) is 1.71. The highest BCUT2D eigenvalue weighted by Gasteiger charge is 2.09. The Labute approximate surface area is 86.7 Å². The zero-order valence-corrected chi connectivity index (χ0v) is 8.18. The lowest BCUT2D eigenvalue weighted by Crippen LogP contribution is -2.18. The molecule has 1 aliphatic rings. The highest BCUT2D eigenvalue weighted by Crippen LogP contribution is 2.16. The Hall–Kier alpha value is -1.90. The van der Waals surface area contributed by atoms with Crippen LogP contribution in [-0.2, 0) is 6.54 Å². The second kappa shape index (κ2) is 3.05. The molecule has 74 valence electrons. The summed E-state index contributed by atoms with van der Waals surface area (Å²) in [6.07, 6.45) is 4.97. The lowest BCUT2D eigenvalue weighted by atomic mass is 10.2. The maximum Gasteiger partial charge on any atom is 0.281 e. The van der Waals surface area contributed by atoms with E-state index in [1.807, 2.05) is 30.3 Å². The third-order valence-corrected chi connectivity index (χ3v) is 2.70. The van der Waals surface area contributed by atoms with Crippen LogP contribution in [0.15, 0.2) is 35.1 Å². The second-order valence-corrected chi connectivity index (χ2v) is 3.63. The Morgan fingerprint density at radius 3 is 3.07 bits per heavy atom. The predicted molar refractivity (Wildman–Crippen MR) is 59.7 cm³/mol. The van der Waals surface area contributed by atoms with E-state index in [2.05, 4.69) is 15.6 Å². The number of benzene rings is 1. The fraction of sp³-hybridized carbons (Fsp3) is 0.167. The molecular weight excluding hydrogens is 188 g/mol. The number of aryl methyl sites for hydroxylation is 1. The van der Waals surface area contributed by atoms with Crippen LogP contribution in [0.25, 0.3) is 17.0 Å². The minimum absolute atomic E-state index is 0.136. The number of allylic oxidation sites excluding steroid dienone is 1. The maximum atomic E-state index is 11.7. The molecule has 15 heavy (non-hydrogen) atoms. The lowest BCUT2D eigenvalue weighted by molar-refractivity contribution is 0.692. The molecule has 0 unspecified atom stereocenters. The van der Waals surface area contributed by atoms with Crippen LogP contribution in [0.3, 0.4) is 0 Å². The molecule has 2 aromatic rings. The monoisotopic (exact) mass is 198 g/mol. The van der Waals surface area contributed by atoms with Gasteiger partial charge < -0.3 is 4.57 Å². The molecule has 0 fully saturated rings. The first-order chi connectivity index (χ1) is 7.36. The molecule has 3 heteroatoms. The van der Waals surface area contributed by atoms with E-state index in [4.69, 9.17) is 0 Å². The van der Waals surface area contributed by atoms with Gasteiger partial charge in [0.05, 0.1) is 10.9 Å². The normalized spacial score (nSPS) is 14.1. The number of para-hydroxylation sites is 1. The highest BCUT2D eigenvalue weighted by molar-refractivity contribution is 5.79. The molecule has 1 aromatic heterocycles. The average molecular weight is 198 g/mol. The first kappa shape index (κ1) is 8.41. The molecule has 0 aliphatic carbocycles. The molecule has 3 nitrogen and oxygen atoms in total. The van der Waals surface area contributed by atoms with Crippen molar-refractivity contribution >= 4 is 17.0 Å². The molecule has 2 heterocycles. The molecule has 1 aliphatic heterocycles. The summed E-state index contributed by atoms with van der Waals surface area (Å²) in [5, 5.41) is 0.705. The number of aromatic nitrogens is 2. The van der Waals surface area contributed by atoms with E-state index in [0.717, 1.165) is 24.3 Å². The predicted octanol–water partition coefficient (Wildman–Crippen LogP) is 1.81. The van der Waals surface area contributed by atoms with Crippen LogP contribution in [0, 0.1) is 0 Å². The van der Waals surface area contributed by atoms with Gasteiger partial charge in [-0.05, 0) is 24.6 Å². The number of nitrogens with zero attached hydrogens (tertiary/aromatic N) is 2. The minimum atomic E-state index is -0.136. The minimum Gasteiger partial charge on any atom is -0.325 e. The standard InChI is InChI=1S/C12H10N2O/c15-12-9-5-1-2-6-10(9)14-8-4-3-7-11(14)13-12/h1-3,5-7H,4,8H2. The summed E-state index contributed by atoms with van der Waals surface area (Å²) in [7, 11) is 0. The Morgan fingerprint density at radius 2 is 2.13 bits per heavy atom. The highest BCUT2D eigenvalue weighted by atomic mass is 16.1. The molecule has 0 amide bonds. The summed E-state index contributed by atoms with van der Waals surface area (Å²) >= 11 is 0. The van der Waals surface area contributed by atoms with Gasteiger partial charge in [-0.1, -0.05) is 18.2 Å². The van der Waals surface area contributed by atoms with E-state index >= 15 is 0 Å². The number of fused-ring (bicyclic) bond motifs is 3. The van der Waals surface area contributed by atoms with Gasteiger partial charge in [-0.15, -0.1) is 0 Å². The summed E-state index contributed by atoms with van der Waals surface area (Å²) in [5.41, 5.74) is 0.847. The lowest BCUT2D eigenvalue weighted by Gasteiger charge is -2.15. The van der Waals surface area contributed by atoms with E-state index in [1.165, 1.54) is 0 Å². The Balaban J connectivity index is 2.51. The van der Waals surface area contributed by atoms with Crippen LogP contribution in [0.2, 0.25) is 0 Å². The van der Waals surface area contributed by atoms with Gasteiger partial charge in [0.15, 0.2) is 0 Å². The third kappa shape index (κ3) is 1.20. The maximum absolute atomic E-state index is 11.7. The van der Waals surface area contributed by atoms with E-state index in [9.17, 15) is 4.79 Å².